The van der Waals surface area contributed by atoms with Crippen molar-refractivity contribution in [3.8, 4) is 0 Å². The van der Waals surface area contributed by atoms with Gasteiger partial charge < -0.3 is 21.3 Å². The summed E-state index contributed by atoms with van der Waals surface area (Å²) < 4.78 is 13.1. The topological polar surface area (TPSA) is 87.5 Å². The number of benzene rings is 1. The maximum atomic E-state index is 13.1. The van der Waals surface area contributed by atoms with Crippen molar-refractivity contribution in [3.63, 3.8) is 0 Å². The molecule has 0 radical (unpaired) electrons. The Labute approximate surface area is 160 Å². The van der Waals surface area contributed by atoms with E-state index in [1.807, 2.05) is 6.92 Å². The van der Waals surface area contributed by atoms with E-state index in [1.165, 1.54) is 18.2 Å². The highest BCUT2D eigenvalue weighted by Crippen LogP contribution is 2.17. The van der Waals surface area contributed by atoms with Gasteiger partial charge in [0.1, 0.15) is 5.82 Å². The van der Waals surface area contributed by atoms with Crippen LogP contribution in [0.1, 0.15) is 32.6 Å². The maximum absolute atomic E-state index is 13.1. The van der Waals surface area contributed by atoms with Crippen LogP contribution in [-0.2, 0) is 4.79 Å². The Balaban J connectivity index is 0.00000338. The summed E-state index contributed by atoms with van der Waals surface area (Å²) in [6, 6.07) is 4.92. The molecule has 1 aromatic carbocycles. The number of nitrogens with zero attached hydrogens (tertiary/aromatic N) is 1. The normalized spacial score (nSPS) is 17.8. The van der Waals surface area contributed by atoms with Gasteiger partial charge in [-0.05, 0) is 43.4 Å². The Morgan fingerprint density at radius 3 is 2.88 bits per heavy atom. The number of hydrogen-bond acceptors (Lipinski definition) is 3. The van der Waals surface area contributed by atoms with E-state index < -0.39 is 11.9 Å². The molecule has 4 N–H and O–H groups in total. The zero-order valence-electron chi connectivity index (χ0n) is 15.0. The molecule has 1 aliphatic heterocycles. The van der Waals surface area contributed by atoms with Crippen molar-refractivity contribution in [2.75, 3.05) is 25.0 Å². The molecule has 6 nitrogen and oxygen atoms in total. The number of halogens is 2. The van der Waals surface area contributed by atoms with E-state index in [-0.39, 0.29) is 30.3 Å². The second-order valence-electron chi connectivity index (χ2n) is 6.53. The maximum Gasteiger partial charge on any atom is 0.319 e. The summed E-state index contributed by atoms with van der Waals surface area (Å²) in [6.07, 6.45) is 3.43. The van der Waals surface area contributed by atoms with Crippen molar-refractivity contribution in [1.82, 2.24) is 10.2 Å². The summed E-state index contributed by atoms with van der Waals surface area (Å²) in [6.45, 7) is 3.81. The second-order valence-corrected chi connectivity index (χ2v) is 6.53. The van der Waals surface area contributed by atoms with Gasteiger partial charge in [0.2, 0.25) is 5.91 Å². The molecule has 0 aliphatic carbocycles. The Hall–Kier alpha value is -1.86. The van der Waals surface area contributed by atoms with Crippen molar-refractivity contribution < 1.29 is 14.0 Å². The Kier molecular flexibility index (Phi) is 9.37. The number of anilines is 1. The first-order valence-electron chi connectivity index (χ1n) is 8.84. The van der Waals surface area contributed by atoms with Gasteiger partial charge in [-0.1, -0.05) is 19.4 Å². The summed E-state index contributed by atoms with van der Waals surface area (Å²) in [5.74, 6) is -0.205. The lowest BCUT2D eigenvalue weighted by molar-refractivity contribution is -0.134. The van der Waals surface area contributed by atoms with E-state index in [2.05, 4.69) is 10.6 Å². The number of rotatable bonds is 6. The molecule has 2 rings (SSSR count). The average Bonchev–Trinajstić information content (AvgIpc) is 2.60. The quantitative estimate of drug-likeness (QED) is 0.702. The monoisotopic (exact) mass is 386 g/mol. The van der Waals surface area contributed by atoms with E-state index in [1.54, 1.807) is 11.0 Å². The molecule has 1 aromatic rings. The smallest absolute Gasteiger partial charge is 0.319 e. The largest absolute Gasteiger partial charge is 0.341 e. The SMILES string of the molecule is CCCC(N)C(=O)N1CCCC(CNC(=O)Nc2cccc(F)c2)C1.Cl. The molecule has 146 valence electrons. The molecule has 2 unspecified atom stereocenters. The summed E-state index contributed by atoms with van der Waals surface area (Å²) in [5.41, 5.74) is 6.33. The molecule has 3 amide bonds. The van der Waals surface area contributed by atoms with E-state index in [4.69, 9.17) is 5.73 Å². The number of piperidine rings is 1. The summed E-state index contributed by atoms with van der Waals surface area (Å²) >= 11 is 0. The highest BCUT2D eigenvalue weighted by atomic mass is 35.5. The second kappa shape index (κ2) is 11.0. The van der Waals surface area contributed by atoms with E-state index >= 15 is 0 Å². The molecule has 2 atom stereocenters. The van der Waals surface area contributed by atoms with Crippen molar-refractivity contribution in [2.24, 2.45) is 11.7 Å². The average molecular weight is 387 g/mol. The number of carbonyl (C=O) groups excluding carboxylic acids is 2. The van der Waals surface area contributed by atoms with Crippen LogP contribution < -0.4 is 16.4 Å². The van der Waals surface area contributed by atoms with Gasteiger partial charge in [0, 0.05) is 25.3 Å². The first-order valence-corrected chi connectivity index (χ1v) is 8.84. The molecule has 26 heavy (non-hydrogen) atoms. The zero-order chi connectivity index (χ0) is 18.2. The number of nitrogens with one attached hydrogen (secondary N) is 2. The third-order valence-corrected chi connectivity index (χ3v) is 4.38. The van der Waals surface area contributed by atoms with Gasteiger partial charge in [-0.25, -0.2) is 9.18 Å². The number of urea groups is 1. The van der Waals surface area contributed by atoms with Crippen LogP contribution in [0.25, 0.3) is 0 Å². The lowest BCUT2D eigenvalue weighted by Crippen LogP contribution is -2.49. The highest BCUT2D eigenvalue weighted by Gasteiger charge is 2.26. The van der Waals surface area contributed by atoms with Crippen molar-refractivity contribution in [3.05, 3.63) is 30.1 Å². The molecular weight excluding hydrogens is 359 g/mol. The van der Waals surface area contributed by atoms with Gasteiger partial charge in [-0.15, -0.1) is 12.4 Å². The molecule has 1 saturated heterocycles. The van der Waals surface area contributed by atoms with Crippen molar-refractivity contribution in [2.45, 2.75) is 38.6 Å². The van der Waals surface area contributed by atoms with Crippen molar-refractivity contribution >= 4 is 30.0 Å². The minimum absolute atomic E-state index is 0. The first kappa shape index (κ1) is 22.2. The third kappa shape index (κ3) is 6.80. The van der Waals surface area contributed by atoms with Crippen LogP contribution in [0, 0.1) is 11.7 Å². The zero-order valence-corrected chi connectivity index (χ0v) is 15.9. The van der Waals surface area contributed by atoms with Crippen LogP contribution in [0.2, 0.25) is 0 Å². The molecule has 0 bridgehead atoms. The number of carbonyl (C=O) groups is 2. The summed E-state index contributed by atoms with van der Waals surface area (Å²) in [4.78, 5) is 26.0. The van der Waals surface area contributed by atoms with Gasteiger partial charge in [0.05, 0.1) is 6.04 Å². The molecule has 1 heterocycles. The fraction of sp³-hybridized carbons (Fsp3) is 0.556. The molecule has 0 aromatic heterocycles. The van der Waals surface area contributed by atoms with Gasteiger partial charge in [-0.3, -0.25) is 4.79 Å². The van der Waals surface area contributed by atoms with Crippen LogP contribution in [-0.4, -0.2) is 42.5 Å². The highest BCUT2D eigenvalue weighted by molar-refractivity contribution is 5.89. The molecule has 8 heteroatoms. The van der Waals surface area contributed by atoms with Crippen molar-refractivity contribution in [1.29, 1.82) is 0 Å². The van der Waals surface area contributed by atoms with Gasteiger partial charge in [-0.2, -0.15) is 0 Å². The standard InChI is InChI=1S/C18H27FN4O2.ClH/c1-2-5-16(20)17(24)23-9-4-6-13(12-23)11-21-18(25)22-15-8-3-7-14(19)10-15;/h3,7-8,10,13,16H,2,4-6,9,11-12,20H2,1H3,(H2,21,22,25);1H. The van der Waals surface area contributed by atoms with E-state index in [0.29, 0.717) is 25.2 Å². The lowest BCUT2D eigenvalue weighted by Gasteiger charge is -2.34. The fourth-order valence-electron chi connectivity index (χ4n) is 3.08. The molecule has 0 saturated carbocycles. The summed E-state index contributed by atoms with van der Waals surface area (Å²) in [7, 11) is 0. The van der Waals surface area contributed by atoms with Gasteiger partial charge in [0.15, 0.2) is 0 Å². The van der Waals surface area contributed by atoms with Crippen LogP contribution in [0.5, 0.6) is 0 Å². The van der Waals surface area contributed by atoms with Gasteiger partial charge in [0.25, 0.3) is 0 Å². The summed E-state index contributed by atoms with van der Waals surface area (Å²) in [5, 5.41) is 5.39. The van der Waals surface area contributed by atoms with Gasteiger partial charge >= 0.3 is 6.03 Å². The predicted octanol–water partition coefficient (Wildman–Crippen LogP) is 2.73. The predicted molar refractivity (Wildman–Crippen MR) is 103 cm³/mol. The van der Waals surface area contributed by atoms with E-state index in [9.17, 15) is 14.0 Å². The minimum atomic E-state index is -0.437. The minimum Gasteiger partial charge on any atom is -0.341 e. The van der Waals surface area contributed by atoms with Crippen LogP contribution in [0.3, 0.4) is 0 Å². The number of hydrogen-bond donors (Lipinski definition) is 3. The first-order chi connectivity index (χ1) is 12.0. The van der Waals surface area contributed by atoms with E-state index in [0.717, 1.165) is 25.8 Å². The molecule has 1 fully saturated rings. The van der Waals surface area contributed by atoms with Crippen LogP contribution >= 0.6 is 12.4 Å². The number of likely N-dealkylation sites (tertiary alicyclic amines) is 1. The Bertz CT molecular complexity index is 602. The number of nitrogens with two attached hydrogens (primary N) is 1. The van der Waals surface area contributed by atoms with Crippen LogP contribution in [0.15, 0.2) is 24.3 Å². The molecule has 0 spiro atoms. The lowest BCUT2D eigenvalue weighted by atomic mass is 9.97. The van der Waals surface area contributed by atoms with Crippen LogP contribution in [0.4, 0.5) is 14.9 Å². The Morgan fingerprint density at radius 1 is 1.42 bits per heavy atom. The number of amides is 3. The Morgan fingerprint density at radius 2 is 2.19 bits per heavy atom. The fourth-order valence-corrected chi connectivity index (χ4v) is 3.08. The molecule has 1 aliphatic rings. The molecular formula is C18H28ClFN4O2. The third-order valence-electron chi connectivity index (χ3n) is 4.38.